The molecular weight excluding hydrogens is 174 g/mol. The Morgan fingerprint density at radius 3 is 2.43 bits per heavy atom. The molecule has 1 heterocycles. The first kappa shape index (κ1) is 12.7. The maximum atomic E-state index is 11.4. The van der Waals surface area contributed by atoms with Crippen molar-refractivity contribution in [1.82, 2.24) is 4.90 Å². The maximum absolute atomic E-state index is 11.4. The molecule has 0 unspecified atom stereocenters. The minimum Gasteiger partial charge on any atom is -0.337 e. The van der Waals surface area contributed by atoms with Gasteiger partial charge in [0.05, 0.1) is 0 Å². The molecule has 1 rings (SSSR count). The Kier molecular flexibility index (Phi) is 5.61. The number of amides is 1. The fourth-order valence-electron chi connectivity index (χ4n) is 1.27. The van der Waals surface area contributed by atoms with Gasteiger partial charge >= 0.3 is 0 Å². The third-order valence-electron chi connectivity index (χ3n) is 1.91. The van der Waals surface area contributed by atoms with Gasteiger partial charge in [0.15, 0.2) is 0 Å². The van der Waals surface area contributed by atoms with E-state index in [1.165, 1.54) is 0 Å². The maximum Gasteiger partial charge on any atom is 0.254 e. The van der Waals surface area contributed by atoms with Gasteiger partial charge in [-0.25, -0.2) is 0 Å². The SMILES string of the molecule is C=CC1=C(/C=C\C)C(=O)N(C)C1.CC. The van der Waals surface area contributed by atoms with E-state index in [1.807, 2.05) is 32.9 Å². The fourth-order valence-corrected chi connectivity index (χ4v) is 1.27. The van der Waals surface area contributed by atoms with Crippen molar-refractivity contribution >= 4 is 5.91 Å². The van der Waals surface area contributed by atoms with E-state index in [0.29, 0.717) is 6.54 Å². The third kappa shape index (κ3) is 2.59. The first-order valence-corrected chi connectivity index (χ1v) is 4.94. The van der Waals surface area contributed by atoms with E-state index in [2.05, 4.69) is 6.58 Å². The predicted molar refractivity (Wildman–Crippen MR) is 61.0 cm³/mol. The summed E-state index contributed by atoms with van der Waals surface area (Å²) in [6.07, 6.45) is 5.45. The molecule has 14 heavy (non-hydrogen) atoms. The Balaban J connectivity index is 0.000000791. The van der Waals surface area contributed by atoms with Crippen molar-refractivity contribution in [3.05, 3.63) is 36.0 Å². The highest BCUT2D eigenvalue weighted by molar-refractivity contribution is 6.00. The van der Waals surface area contributed by atoms with Crippen LogP contribution in [0.15, 0.2) is 36.0 Å². The molecule has 0 aromatic rings. The topological polar surface area (TPSA) is 20.3 Å². The molecule has 0 radical (unpaired) electrons. The zero-order valence-electron chi connectivity index (χ0n) is 9.50. The fraction of sp³-hybridized carbons (Fsp3) is 0.417. The summed E-state index contributed by atoms with van der Waals surface area (Å²) < 4.78 is 0. The van der Waals surface area contributed by atoms with E-state index >= 15 is 0 Å². The monoisotopic (exact) mass is 193 g/mol. The number of carbonyl (C=O) groups excluding carboxylic acids is 1. The van der Waals surface area contributed by atoms with E-state index in [9.17, 15) is 4.79 Å². The highest BCUT2D eigenvalue weighted by Gasteiger charge is 2.23. The molecule has 1 amide bonds. The van der Waals surface area contributed by atoms with Crippen molar-refractivity contribution < 1.29 is 4.79 Å². The van der Waals surface area contributed by atoms with Crippen molar-refractivity contribution in [1.29, 1.82) is 0 Å². The van der Waals surface area contributed by atoms with Crippen molar-refractivity contribution in [2.24, 2.45) is 0 Å². The van der Waals surface area contributed by atoms with Crippen molar-refractivity contribution in [3.8, 4) is 0 Å². The van der Waals surface area contributed by atoms with E-state index in [4.69, 9.17) is 0 Å². The molecular formula is C12H19NO. The molecule has 0 atom stereocenters. The van der Waals surface area contributed by atoms with E-state index in [0.717, 1.165) is 11.1 Å². The second-order valence-corrected chi connectivity index (χ2v) is 2.80. The number of likely N-dealkylation sites (N-methyl/N-ethyl adjacent to an activating group) is 1. The van der Waals surface area contributed by atoms with Crippen LogP contribution in [0.2, 0.25) is 0 Å². The minimum absolute atomic E-state index is 0.0861. The second kappa shape index (κ2) is 6.19. The van der Waals surface area contributed by atoms with Crippen LogP contribution in [0.25, 0.3) is 0 Å². The Morgan fingerprint density at radius 1 is 1.43 bits per heavy atom. The van der Waals surface area contributed by atoms with Crippen LogP contribution in [0.5, 0.6) is 0 Å². The van der Waals surface area contributed by atoms with Crippen LogP contribution in [0.3, 0.4) is 0 Å². The standard InChI is InChI=1S/C10H13NO.C2H6/c1-4-6-9-8(5-2)7-11(3)10(9)12;1-2/h4-6H,2,7H2,1,3H3;1-2H3/b6-4-;. The van der Waals surface area contributed by atoms with Gasteiger partial charge in [0, 0.05) is 19.2 Å². The van der Waals surface area contributed by atoms with E-state index in [1.54, 1.807) is 18.0 Å². The molecule has 1 aliphatic rings. The van der Waals surface area contributed by atoms with Crippen molar-refractivity contribution in [2.45, 2.75) is 20.8 Å². The number of allylic oxidation sites excluding steroid dienone is 1. The number of rotatable bonds is 2. The smallest absolute Gasteiger partial charge is 0.254 e. The van der Waals surface area contributed by atoms with Gasteiger partial charge in [-0.3, -0.25) is 4.79 Å². The van der Waals surface area contributed by atoms with E-state index in [-0.39, 0.29) is 5.91 Å². The Bertz CT molecular complexity index is 274. The summed E-state index contributed by atoms with van der Waals surface area (Å²) in [6, 6.07) is 0. The van der Waals surface area contributed by atoms with Gasteiger partial charge in [0.2, 0.25) is 0 Å². The first-order chi connectivity index (χ1) is 6.70. The van der Waals surface area contributed by atoms with Crippen LogP contribution >= 0.6 is 0 Å². The summed E-state index contributed by atoms with van der Waals surface area (Å²) in [5, 5.41) is 0. The molecule has 0 aromatic heterocycles. The summed E-state index contributed by atoms with van der Waals surface area (Å²) in [7, 11) is 1.79. The summed E-state index contributed by atoms with van der Waals surface area (Å²) >= 11 is 0. The van der Waals surface area contributed by atoms with Gasteiger partial charge in [0.1, 0.15) is 0 Å². The average Bonchev–Trinajstić information content (AvgIpc) is 2.49. The molecule has 0 bridgehead atoms. The highest BCUT2D eigenvalue weighted by Crippen LogP contribution is 2.19. The van der Waals surface area contributed by atoms with Gasteiger partial charge in [0.25, 0.3) is 5.91 Å². The summed E-state index contributed by atoms with van der Waals surface area (Å²) in [5.74, 6) is 0.0861. The number of hydrogen-bond acceptors (Lipinski definition) is 1. The molecule has 0 spiro atoms. The van der Waals surface area contributed by atoms with Crippen molar-refractivity contribution in [3.63, 3.8) is 0 Å². The number of carbonyl (C=O) groups is 1. The number of hydrogen-bond donors (Lipinski definition) is 0. The summed E-state index contributed by atoms with van der Waals surface area (Å²) in [5.41, 5.74) is 1.79. The van der Waals surface area contributed by atoms with Crippen LogP contribution in [-0.4, -0.2) is 24.4 Å². The lowest BCUT2D eigenvalue weighted by Crippen LogP contribution is -2.21. The molecule has 78 valence electrons. The quantitative estimate of drug-likeness (QED) is 0.660. The molecule has 0 aliphatic carbocycles. The Labute approximate surface area is 86.6 Å². The van der Waals surface area contributed by atoms with Gasteiger partial charge in [-0.1, -0.05) is 38.7 Å². The van der Waals surface area contributed by atoms with Gasteiger partial charge < -0.3 is 4.90 Å². The molecule has 0 saturated heterocycles. The lowest BCUT2D eigenvalue weighted by Gasteiger charge is -2.06. The molecule has 0 fully saturated rings. The zero-order chi connectivity index (χ0) is 11.1. The van der Waals surface area contributed by atoms with Crippen LogP contribution < -0.4 is 0 Å². The molecule has 0 aromatic carbocycles. The zero-order valence-corrected chi connectivity index (χ0v) is 9.50. The van der Waals surface area contributed by atoms with E-state index < -0.39 is 0 Å². The third-order valence-corrected chi connectivity index (χ3v) is 1.91. The van der Waals surface area contributed by atoms with Gasteiger partial charge in [-0.05, 0) is 12.5 Å². The lowest BCUT2D eigenvalue weighted by atomic mass is 10.1. The average molecular weight is 193 g/mol. The summed E-state index contributed by atoms with van der Waals surface area (Å²) in [6.45, 7) is 10.3. The first-order valence-electron chi connectivity index (χ1n) is 4.94. The molecule has 1 aliphatic heterocycles. The van der Waals surface area contributed by atoms with Gasteiger partial charge in [-0.2, -0.15) is 0 Å². The van der Waals surface area contributed by atoms with Crippen LogP contribution in [0, 0.1) is 0 Å². The Hall–Kier alpha value is -1.31. The minimum atomic E-state index is 0.0861. The Morgan fingerprint density at radius 2 is 2.00 bits per heavy atom. The van der Waals surface area contributed by atoms with Crippen LogP contribution in [0.1, 0.15) is 20.8 Å². The lowest BCUT2D eigenvalue weighted by molar-refractivity contribution is -0.124. The highest BCUT2D eigenvalue weighted by atomic mass is 16.2. The molecule has 0 saturated carbocycles. The normalized spacial score (nSPS) is 16.0. The predicted octanol–water partition coefficient (Wildman–Crippen LogP) is 2.54. The van der Waals surface area contributed by atoms with Crippen molar-refractivity contribution in [2.75, 3.05) is 13.6 Å². The molecule has 0 N–H and O–H groups in total. The molecule has 2 nitrogen and oxygen atoms in total. The van der Waals surface area contributed by atoms with Gasteiger partial charge in [-0.15, -0.1) is 0 Å². The van der Waals surface area contributed by atoms with Crippen LogP contribution in [-0.2, 0) is 4.79 Å². The largest absolute Gasteiger partial charge is 0.337 e. The second-order valence-electron chi connectivity index (χ2n) is 2.80. The summed E-state index contributed by atoms with van der Waals surface area (Å²) in [4.78, 5) is 13.1. The van der Waals surface area contributed by atoms with Crippen LogP contribution in [0.4, 0.5) is 0 Å². The molecule has 2 heteroatoms. The number of nitrogens with zero attached hydrogens (tertiary/aromatic N) is 1.